The zero-order valence-corrected chi connectivity index (χ0v) is 9.04. The minimum absolute atomic E-state index is 0.320. The molecule has 15 heavy (non-hydrogen) atoms. The Balaban J connectivity index is 2.25. The van der Waals surface area contributed by atoms with Gasteiger partial charge in [0.25, 0.3) is 0 Å². The molecule has 3 nitrogen and oxygen atoms in total. The summed E-state index contributed by atoms with van der Waals surface area (Å²) in [6, 6.07) is 7.76. The zero-order chi connectivity index (χ0) is 10.7. The number of ether oxygens (including phenoxy) is 2. The standard InChI is InChI=1S/C11H10O3S/c1-2-13-11(12)14-9-7-15-10-6-4-3-5-8(9)10/h3-7H,2H2,1H3. The van der Waals surface area contributed by atoms with E-state index in [1.807, 2.05) is 29.6 Å². The van der Waals surface area contributed by atoms with Crippen LogP contribution in [0.25, 0.3) is 10.1 Å². The van der Waals surface area contributed by atoms with Gasteiger partial charge in [-0.1, -0.05) is 12.1 Å². The molecule has 2 rings (SSSR count). The molecule has 0 fully saturated rings. The molecule has 0 atom stereocenters. The Labute approximate surface area is 91.2 Å². The predicted octanol–water partition coefficient (Wildman–Crippen LogP) is 3.44. The first-order valence-corrected chi connectivity index (χ1v) is 5.50. The highest BCUT2D eigenvalue weighted by Gasteiger charge is 2.09. The molecule has 0 bridgehead atoms. The summed E-state index contributed by atoms with van der Waals surface area (Å²) in [5, 5.41) is 2.75. The number of hydrogen-bond donors (Lipinski definition) is 0. The number of hydrogen-bond acceptors (Lipinski definition) is 4. The first kappa shape index (κ1) is 9.98. The average Bonchev–Trinajstić information content (AvgIpc) is 2.62. The Morgan fingerprint density at radius 3 is 3.00 bits per heavy atom. The van der Waals surface area contributed by atoms with E-state index in [9.17, 15) is 4.79 Å². The van der Waals surface area contributed by atoms with Crippen LogP contribution in [0.1, 0.15) is 6.92 Å². The third-order valence-electron chi connectivity index (χ3n) is 1.90. The van der Waals surface area contributed by atoms with Crippen molar-refractivity contribution in [1.29, 1.82) is 0 Å². The minimum atomic E-state index is -0.652. The maximum Gasteiger partial charge on any atom is 0.513 e. The summed E-state index contributed by atoms with van der Waals surface area (Å²) in [6.07, 6.45) is -0.652. The maximum absolute atomic E-state index is 11.1. The van der Waals surface area contributed by atoms with Crippen LogP contribution in [0, 0.1) is 0 Å². The van der Waals surface area contributed by atoms with Gasteiger partial charge in [-0.15, -0.1) is 11.3 Å². The SMILES string of the molecule is CCOC(=O)Oc1csc2ccccc12. The highest BCUT2D eigenvalue weighted by molar-refractivity contribution is 7.17. The molecule has 4 heteroatoms. The number of benzene rings is 1. The smallest absolute Gasteiger partial charge is 0.434 e. The highest BCUT2D eigenvalue weighted by Crippen LogP contribution is 2.31. The summed E-state index contributed by atoms with van der Waals surface area (Å²) in [5.41, 5.74) is 0. The van der Waals surface area contributed by atoms with Crippen LogP contribution in [0.15, 0.2) is 29.6 Å². The molecule has 0 aliphatic rings. The summed E-state index contributed by atoms with van der Waals surface area (Å²) in [4.78, 5) is 11.1. The molecule has 0 amide bonds. The van der Waals surface area contributed by atoms with Crippen LogP contribution in [-0.2, 0) is 4.74 Å². The van der Waals surface area contributed by atoms with Gasteiger partial charge in [0.15, 0.2) is 5.75 Å². The van der Waals surface area contributed by atoms with E-state index in [0.717, 1.165) is 10.1 Å². The van der Waals surface area contributed by atoms with Crippen LogP contribution in [0.5, 0.6) is 5.75 Å². The molecule has 0 radical (unpaired) electrons. The van der Waals surface area contributed by atoms with E-state index in [1.165, 1.54) is 0 Å². The van der Waals surface area contributed by atoms with Crippen LogP contribution in [0.4, 0.5) is 4.79 Å². The summed E-state index contributed by atoms with van der Waals surface area (Å²) in [5.74, 6) is 0.564. The topological polar surface area (TPSA) is 35.5 Å². The fraction of sp³-hybridized carbons (Fsp3) is 0.182. The lowest BCUT2D eigenvalue weighted by molar-refractivity contribution is 0.105. The third kappa shape index (κ3) is 2.10. The number of rotatable bonds is 2. The Bertz CT molecular complexity index is 475. The maximum atomic E-state index is 11.1. The van der Waals surface area contributed by atoms with E-state index in [-0.39, 0.29) is 0 Å². The summed E-state index contributed by atoms with van der Waals surface area (Å²) in [7, 11) is 0. The van der Waals surface area contributed by atoms with Crippen LogP contribution in [0.3, 0.4) is 0 Å². The van der Waals surface area contributed by atoms with E-state index in [1.54, 1.807) is 18.3 Å². The Kier molecular flexibility index (Phi) is 2.87. The summed E-state index contributed by atoms with van der Waals surface area (Å²) < 4.78 is 10.9. The molecule has 0 saturated heterocycles. The lowest BCUT2D eigenvalue weighted by Crippen LogP contribution is -2.09. The Morgan fingerprint density at radius 2 is 2.20 bits per heavy atom. The highest BCUT2D eigenvalue weighted by atomic mass is 32.1. The monoisotopic (exact) mass is 222 g/mol. The van der Waals surface area contributed by atoms with Crippen molar-refractivity contribution in [3.8, 4) is 5.75 Å². The van der Waals surface area contributed by atoms with Crippen molar-refractivity contribution >= 4 is 27.6 Å². The van der Waals surface area contributed by atoms with Gasteiger partial charge < -0.3 is 9.47 Å². The molecule has 78 valence electrons. The van der Waals surface area contributed by atoms with Crippen LogP contribution in [0.2, 0.25) is 0 Å². The van der Waals surface area contributed by atoms with Gasteiger partial charge in [-0.25, -0.2) is 4.79 Å². The minimum Gasteiger partial charge on any atom is -0.434 e. The number of carbonyl (C=O) groups is 1. The van der Waals surface area contributed by atoms with Crippen molar-refractivity contribution in [2.75, 3.05) is 6.61 Å². The fourth-order valence-corrected chi connectivity index (χ4v) is 2.13. The molecule has 2 aromatic rings. The van der Waals surface area contributed by atoms with E-state index in [2.05, 4.69) is 0 Å². The fourth-order valence-electron chi connectivity index (χ4n) is 1.27. The van der Waals surface area contributed by atoms with Gasteiger partial charge >= 0.3 is 6.16 Å². The van der Waals surface area contributed by atoms with Gasteiger partial charge in [-0.3, -0.25) is 0 Å². The van der Waals surface area contributed by atoms with Crippen LogP contribution >= 0.6 is 11.3 Å². The lowest BCUT2D eigenvalue weighted by atomic mass is 10.2. The molecule has 0 N–H and O–H groups in total. The van der Waals surface area contributed by atoms with Crippen LogP contribution < -0.4 is 4.74 Å². The lowest BCUT2D eigenvalue weighted by Gasteiger charge is -2.01. The Morgan fingerprint density at radius 1 is 1.40 bits per heavy atom. The van der Waals surface area contributed by atoms with E-state index >= 15 is 0 Å². The zero-order valence-electron chi connectivity index (χ0n) is 8.23. The van der Waals surface area contributed by atoms with E-state index < -0.39 is 6.16 Å². The molecule has 0 spiro atoms. The molecule has 0 aliphatic heterocycles. The molecule has 0 saturated carbocycles. The van der Waals surface area contributed by atoms with E-state index in [4.69, 9.17) is 9.47 Å². The predicted molar refractivity (Wildman–Crippen MR) is 59.5 cm³/mol. The summed E-state index contributed by atoms with van der Waals surface area (Å²) >= 11 is 1.54. The van der Waals surface area contributed by atoms with Gasteiger partial charge in [-0.05, 0) is 19.1 Å². The second-order valence-electron chi connectivity index (χ2n) is 2.88. The number of carbonyl (C=O) groups excluding carboxylic acids is 1. The van der Waals surface area contributed by atoms with Crippen LogP contribution in [-0.4, -0.2) is 12.8 Å². The van der Waals surface area contributed by atoms with Gasteiger partial charge in [0.2, 0.25) is 0 Å². The van der Waals surface area contributed by atoms with Crippen molar-refractivity contribution in [3.05, 3.63) is 29.6 Å². The normalized spacial score (nSPS) is 10.2. The van der Waals surface area contributed by atoms with E-state index in [0.29, 0.717) is 12.4 Å². The Hall–Kier alpha value is -1.55. The second kappa shape index (κ2) is 4.31. The van der Waals surface area contributed by atoms with Gasteiger partial charge in [0.05, 0.1) is 6.61 Å². The average molecular weight is 222 g/mol. The van der Waals surface area contributed by atoms with Gasteiger partial charge in [0.1, 0.15) is 0 Å². The quantitative estimate of drug-likeness (QED) is 0.730. The van der Waals surface area contributed by atoms with Crippen molar-refractivity contribution in [2.45, 2.75) is 6.92 Å². The largest absolute Gasteiger partial charge is 0.513 e. The molecular formula is C11H10O3S. The molecule has 0 unspecified atom stereocenters. The van der Waals surface area contributed by atoms with Crippen molar-refractivity contribution in [1.82, 2.24) is 0 Å². The van der Waals surface area contributed by atoms with Gasteiger partial charge in [-0.2, -0.15) is 0 Å². The summed E-state index contributed by atoms with van der Waals surface area (Å²) in [6.45, 7) is 2.06. The van der Waals surface area contributed by atoms with Crippen molar-refractivity contribution in [3.63, 3.8) is 0 Å². The second-order valence-corrected chi connectivity index (χ2v) is 3.79. The number of fused-ring (bicyclic) bond motifs is 1. The van der Waals surface area contributed by atoms with Crippen molar-refractivity contribution < 1.29 is 14.3 Å². The first-order valence-electron chi connectivity index (χ1n) is 4.62. The first-order chi connectivity index (χ1) is 7.31. The molecule has 1 heterocycles. The number of thiophene rings is 1. The molecule has 1 aromatic heterocycles. The molecular weight excluding hydrogens is 212 g/mol. The van der Waals surface area contributed by atoms with Gasteiger partial charge in [0, 0.05) is 15.5 Å². The third-order valence-corrected chi connectivity index (χ3v) is 2.84. The molecule has 0 aliphatic carbocycles. The molecule has 1 aromatic carbocycles. The van der Waals surface area contributed by atoms with Crippen molar-refractivity contribution in [2.24, 2.45) is 0 Å².